The molecule has 8 nitrogen and oxygen atoms in total. The predicted molar refractivity (Wildman–Crippen MR) is 179 cm³/mol. The molecule has 0 aliphatic rings. The Balaban J connectivity index is 0.000000181. The first-order valence-corrected chi connectivity index (χ1v) is 15.0. The number of rotatable bonds is 7. The molecule has 0 aliphatic heterocycles. The molecule has 0 spiro atoms. The van der Waals surface area contributed by atoms with E-state index in [2.05, 4.69) is 9.97 Å². The molecule has 0 N–H and O–H groups in total. The van der Waals surface area contributed by atoms with Gasteiger partial charge in [-0.25, -0.2) is 9.59 Å². The molecule has 0 amide bonds. The molecular weight excluding hydrogens is 674 g/mol. The molecule has 46 heavy (non-hydrogen) atoms. The largest absolute Gasteiger partial charge is 0.494 e. The lowest BCUT2D eigenvalue weighted by Gasteiger charge is -2.12. The number of methoxy groups -OCH3 is 1. The van der Waals surface area contributed by atoms with Crippen LogP contribution in [0.2, 0.25) is 20.1 Å². The lowest BCUT2D eigenvalue weighted by molar-refractivity contribution is -0.136. The van der Waals surface area contributed by atoms with Crippen LogP contribution in [0.5, 0.6) is 23.0 Å². The quantitative estimate of drug-likeness (QED) is 0.120. The van der Waals surface area contributed by atoms with Gasteiger partial charge in [-0.1, -0.05) is 82.8 Å². The SMILES string of the molecule is COc1c(Cl)ccc(Cl)c1C(=O)Oc1cccc2cccnc12.O=C(COc1ccc(Cl)cc1Cl)Oc1cccc2cccnc12. The fourth-order valence-electron chi connectivity index (χ4n) is 4.27. The van der Waals surface area contributed by atoms with Crippen LogP contribution in [0.1, 0.15) is 10.4 Å². The minimum atomic E-state index is -0.660. The van der Waals surface area contributed by atoms with Crippen molar-refractivity contribution >= 4 is 80.1 Å². The van der Waals surface area contributed by atoms with Crippen molar-refractivity contribution in [1.29, 1.82) is 0 Å². The van der Waals surface area contributed by atoms with Gasteiger partial charge in [-0.15, -0.1) is 0 Å². The van der Waals surface area contributed by atoms with E-state index in [4.69, 9.17) is 65.4 Å². The van der Waals surface area contributed by atoms with Crippen molar-refractivity contribution < 1.29 is 28.5 Å². The maximum absolute atomic E-state index is 12.5. The summed E-state index contributed by atoms with van der Waals surface area (Å²) in [5.41, 5.74) is 1.28. The van der Waals surface area contributed by atoms with Crippen LogP contribution >= 0.6 is 46.4 Å². The van der Waals surface area contributed by atoms with Gasteiger partial charge in [0.15, 0.2) is 23.9 Å². The number of hydrogen-bond acceptors (Lipinski definition) is 8. The average Bonchev–Trinajstić information content (AvgIpc) is 3.06. The monoisotopic (exact) mass is 694 g/mol. The number of para-hydroxylation sites is 2. The highest BCUT2D eigenvalue weighted by Crippen LogP contribution is 2.35. The van der Waals surface area contributed by atoms with Gasteiger partial charge in [0.1, 0.15) is 22.3 Å². The van der Waals surface area contributed by atoms with Gasteiger partial charge >= 0.3 is 11.9 Å². The van der Waals surface area contributed by atoms with Crippen LogP contribution in [-0.2, 0) is 4.79 Å². The predicted octanol–water partition coefficient (Wildman–Crippen LogP) is 9.30. The van der Waals surface area contributed by atoms with Crippen molar-refractivity contribution in [2.24, 2.45) is 0 Å². The van der Waals surface area contributed by atoms with E-state index >= 15 is 0 Å². The number of aromatic nitrogens is 2. The van der Waals surface area contributed by atoms with E-state index in [1.807, 2.05) is 36.4 Å². The summed E-state index contributed by atoms with van der Waals surface area (Å²) < 4.78 is 21.3. The van der Waals surface area contributed by atoms with Crippen molar-refractivity contribution in [3.05, 3.63) is 129 Å². The Labute approximate surface area is 283 Å². The number of esters is 2. The minimum absolute atomic E-state index is 0.0783. The number of carbonyl (C=O) groups excluding carboxylic acids is 2. The Bertz CT molecular complexity index is 2050. The number of fused-ring (bicyclic) bond motifs is 2. The van der Waals surface area contributed by atoms with Gasteiger partial charge < -0.3 is 18.9 Å². The van der Waals surface area contributed by atoms with E-state index in [0.29, 0.717) is 38.3 Å². The van der Waals surface area contributed by atoms with E-state index in [1.165, 1.54) is 13.2 Å². The fraction of sp³-hybridized carbons (Fsp3) is 0.0588. The first-order valence-electron chi connectivity index (χ1n) is 13.5. The highest BCUT2D eigenvalue weighted by molar-refractivity contribution is 6.37. The van der Waals surface area contributed by atoms with Crippen molar-refractivity contribution in [2.45, 2.75) is 0 Å². The summed E-state index contributed by atoms with van der Waals surface area (Å²) in [7, 11) is 1.41. The van der Waals surface area contributed by atoms with Crippen molar-refractivity contribution in [1.82, 2.24) is 9.97 Å². The Morgan fingerprint density at radius 3 is 1.85 bits per heavy atom. The van der Waals surface area contributed by atoms with Crippen LogP contribution in [0.4, 0.5) is 0 Å². The van der Waals surface area contributed by atoms with Crippen LogP contribution in [0.15, 0.2) is 103 Å². The van der Waals surface area contributed by atoms with Gasteiger partial charge in [0.2, 0.25) is 0 Å². The van der Waals surface area contributed by atoms with Crippen molar-refractivity contribution in [2.75, 3.05) is 13.7 Å². The fourth-order valence-corrected chi connectivity index (χ4v) is 5.20. The topological polar surface area (TPSA) is 96.8 Å². The van der Waals surface area contributed by atoms with Crippen LogP contribution in [0.25, 0.3) is 21.8 Å². The smallest absolute Gasteiger partial charge is 0.349 e. The Morgan fingerprint density at radius 1 is 0.652 bits per heavy atom. The number of benzene rings is 4. The molecule has 0 saturated heterocycles. The normalized spacial score (nSPS) is 10.5. The number of ether oxygens (including phenoxy) is 4. The maximum Gasteiger partial charge on any atom is 0.349 e. The zero-order valence-corrected chi connectivity index (χ0v) is 26.9. The minimum Gasteiger partial charge on any atom is -0.494 e. The number of hydrogen-bond donors (Lipinski definition) is 0. The molecule has 232 valence electrons. The van der Waals surface area contributed by atoms with E-state index in [9.17, 15) is 9.59 Å². The van der Waals surface area contributed by atoms with Gasteiger partial charge in [-0.05, 0) is 54.6 Å². The van der Waals surface area contributed by atoms with E-state index in [1.54, 1.807) is 60.9 Å². The number of halogens is 4. The Kier molecular flexibility index (Phi) is 10.8. The molecular formula is C34H22Cl4N2O6. The summed E-state index contributed by atoms with van der Waals surface area (Å²) in [6, 6.07) is 25.9. The lowest BCUT2D eigenvalue weighted by Crippen LogP contribution is -2.18. The molecule has 0 fully saturated rings. The van der Waals surface area contributed by atoms with Gasteiger partial charge in [0.05, 0.1) is 22.2 Å². The summed E-state index contributed by atoms with van der Waals surface area (Å²) in [5, 5.41) is 3.05. The second-order valence-corrected chi connectivity index (χ2v) is 11.0. The Morgan fingerprint density at radius 2 is 1.24 bits per heavy atom. The summed E-state index contributed by atoms with van der Waals surface area (Å²) in [4.78, 5) is 33.0. The zero-order chi connectivity index (χ0) is 32.6. The summed E-state index contributed by atoms with van der Waals surface area (Å²) in [6.07, 6.45) is 3.27. The molecule has 6 aromatic rings. The van der Waals surface area contributed by atoms with Crippen LogP contribution in [-0.4, -0.2) is 35.6 Å². The molecule has 6 rings (SSSR count). The van der Waals surface area contributed by atoms with Crippen LogP contribution in [0, 0.1) is 0 Å². The number of nitrogens with zero attached hydrogens (tertiary/aromatic N) is 2. The molecule has 2 heterocycles. The van der Waals surface area contributed by atoms with E-state index < -0.39 is 11.9 Å². The van der Waals surface area contributed by atoms with Gasteiger partial charge in [-0.2, -0.15) is 0 Å². The molecule has 12 heteroatoms. The third-order valence-corrected chi connectivity index (χ3v) is 7.47. The Hall–Kier alpha value is -4.60. The third kappa shape index (κ3) is 7.78. The molecule has 0 atom stereocenters. The standard InChI is InChI=1S/2C17H11Cl2NO3/c1-22-16-12(19)8-7-11(18)14(16)17(21)23-13-6-2-4-10-5-3-9-20-15(10)13;18-12-6-7-14(13(19)9-12)22-10-16(21)23-15-5-1-3-11-4-2-8-20-17(11)15/h2-9H,1H3;1-9H,10H2. The molecule has 4 aromatic carbocycles. The molecule has 0 radical (unpaired) electrons. The summed E-state index contributed by atoms with van der Waals surface area (Å²) >= 11 is 23.9. The number of carbonyl (C=O) groups is 2. The van der Waals surface area contributed by atoms with Gasteiger partial charge in [-0.3, -0.25) is 9.97 Å². The third-order valence-electron chi connectivity index (χ3n) is 6.32. The first kappa shape index (κ1) is 32.8. The van der Waals surface area contributed by atoms with Gasteiger partial charge in [0.25, 0.3) is 0 Å². The van der Waals surface area contributed by atoms with Crippen LogP contribution in [0.3, 0.4) is 0 Å². The van der Waals surface area contributed by atoms with Crippen molar-refractivity contribution in [3.8, 4) is 23.0 Å². The van der Waals surface area contributed by atoms with Crippen molar-refractivity contribution in [3.63, 3.8) is 0 Å². The molecule has 0 unspecified atom stereocenters. The molecule has 0 aliphatic carbocycles. The lowest BCUT2D eigenvalue weighted by atomic mass is 10.2. The molecule has 0 saturated carbocycles. The second-order valence-electron chi connectivity index (χ2n) is 9.33. The summed E-state index contributed by atoms with van der Waals surface area (Å²) in [5.74, 6) is 0.0631. The summed E-state index contributed by atoms with van der Waals surface area (Å²) in [6.45, 7) is -0.273. The van der Waals surface area contributed by atoms with Crippen LogP contribution < -0.4 is 18.9 Å². The number of pyridine rings is 2. The highest BCUT2D eigenvalue weighted by atomic mass is 35.5. The van der Waals surface area contributed by atoms with E-state index in [0.717, 1.165) is 10.8 Å². The zero-order valence-electron chi connectivity index (χ0n) is 23.9. The average molecular weight is 696 g/mol. The second kappa shape index (κ2) is 15.1. The molecule has 2 aromatic heterocycles. The molecule has 0 bridgehead atoms. The maximum atomic E-state index is 12.5. The first-order chi connectivity index (χ1) is 22.2. The van der Waals surface area contributed by atoms with E-state index in [-0.39, 0.29) is 28.0 Å². The highest BCUT2D eigenvalue weighted by Gasteiger charge is 2.22. The van der Waals surface area contributed by atoms with Gasteiger partial charge in [0, 0.05) is 28.2 Å².